The average molecular weight is 1420 g/mol. The predicted molar refractivity (Wildman–Crippen MR) is 443 cm³/mol. The van der Waals surface area contributed by atoms with Crippen molar-refractivity contribution in [1.82, 2.24) is 29.0 Å². The number of hydrogen-bond donors (Lipinski definition) is 0. The highest BCUT2D eigenvalue weighted by Gasteiger charge is 2.35. The van der Waals surface area contributed by atoms with Crippen LogP contribution < -0.4 is 31.4 Å². The van der Waals surface area contributed by atoms with Gasteiger partial charge >= 0.3 is 0 Å². The second kappa shape index (κ2) is 38.6. The molecule has 0 N–H and O–H groups in total. The first-order chi connectivity index (χ1) is 49.7. The first kappa shape index (κ1) is 83.0. The molecule has 6 heterocycles. The van der Waals surface area contributed by atoms with E-state index in [0.29, 0.717) is 23.2 Å². The van der Waals surface area contributed by atoms with Gasteiger partial charge in [-0.1, -0.05) is 149 Å². The van der Waals surface area contributed by atoms with E-state index in [0.717, 1.165) is 206 Å². The summed E-state index contributed by atoms with van der Waals surface area (Å²) in [6.45, 7) is 56.9. The molecule has 0 amide bonds. The van der Waals surface area contributed by atoms with Crippen molar-refractivity contribution in [3.8, 4) is 0 Å². The normalized spacial score (nSPS) is 14.5. The number of aliphatic imine (C=N–C) groups is 3. The first-order valence-electron chi connectivity index (χ1n) is 39.8. The molecule has 3 aliphatic heterocycles. The molecule has 0 fully saturated rings. The van der Waals surface area contributed by atoms with Crippen LogP contribution in [-0.2, 0) is 19.3 Å². The Labute approximate surface area is 623 Å². The van der Waals surface area contributed by atoms with Crippen molar-refractivity contribution in [2.24, 2.45) is 48.0 Å². The Kier molecular flexibility index (Phi) is 30.8. The van der Waals surface area contributed by atoms with Crippen molar-refractivity contribution in [3.05, 3.63) is 154 Å². The maximum absolute atomic E-state index is 13.7. The lowest BCUT2D eigenvalue weighted by Crippen LogP contribution is -2.28. The van der Waals surface area contributed by atoms with Gasteiger partial charge in [-0.3, -0.25) is 14.4 Å². The molecule has 1 atom stereocenters. The second-order valence-electron chi connectivity index (χ2n) is 29.8. The third-order valence-electron chi connectivity index (χ3n) is 20.3. The lowest BCUT2D eigenvalue weighted by Gasteiger charge is -2.21. The van der Waals surface area contributed by atoms with E-state index in [2.05, 4.69) is 235 Å². The average Bonchev–Trinajstić information content (AvgIpc) is 1.61. The molecular weight excluding hydrogens is 1290 g/mol. The van der Waals surface area contributed by atoms with Gasteiger partial charge in [-0.15, -0.1) is 0 Å². The molecule has 0 saturated heterocycles. The van der Waals surface area contributed by atoms with Crippen molar-refractivity contribution in [2.75, 3.05) is 54.0 Å². The summed E-state index contributed by atoms with van der Waals surface area (Å²) in [5.74, 6) is 2.64. The van der Waals surface area contributed by atoms with Gasteiger partial charge in [-0.05, 0) is 208 Å². The molecule has 6 aromatic rings. The highest BCUT2D eigenvalue weighted by Crippen LogP contribution is 2.33. The molecule has 104 heavy (non-hydrogen) atoms. The van der Waals surface area contributed by atoms with Crippen LogP contribution in [-0.4, -0.2) is 103 Å². The third-order valence-corrected chi connectivity index (χ3v) is 20.3. The monoisotopic (exact) mass is 1420 g/mol. The highest BCUT2D eigenvalue weighted by molar-refractivity contribution is 6.51. The first-order valence-corrected chi connectivity index (χ1v) is 39.8. The molecule has 0 aliphatic carbocycles. The van der Waals surface area contributed by atoms with Crippen LogP contribution in [0.3, 0.4) is 0 Å². The number of unbranched alkanes of at least 4 members (excludes halogenated alkanes) is 7. The number of anilines is 3. The Morgan fingerprint density at radius 3 is 0.913 bits per heavy atom. The van der Waals surface area contributed by atoms with Crippen LogP contribution in [0.5, 0.6) is 0 Å². The van der Waals surface area contributed by atoms with E-state index < -0.39 is 0 Å². The van der Waals surface area contributed by atoms with E-state index in [-0.39, 0.29) is 52.2 Å². The standard InChI is InChI=1S/C30H45N5O.2C28H41N5O/c1-9-12-13-14-15-16-24-26(20(4)5)32-29-28(27(21(6)7)33-35(29)30(24)36)31-25-18-17-23(19-22(25)8)34(10-2)11-3;1-9-12-13-14-22-24(18(4)5)30-27-26(25(19(6)7)31-33(27)28(22)34)29-23-16-15-21(17-20(23)8)32(10-2)11-3;1-9-13-14-22-24(18(5)6)30-27-26(25(19(7)10-2)31-33(27)28(22)34)29-23-16-15-21(17-20(23)8)32(11-3)12-4/h17-21H,9-16H2,1-8H3;2*15-19H,9-14H2,1-8H3. The molecule has 0 spiro atoms. The summed E-state index contributed by atoms with van der Waals surface area (Å²) in [6.07, 6.45) is 14.2. The van der Waals surface area contributed by atoms with Gasteiger partial charge in [-0.25, -0.2) is 29.9 Å². The fourth-order valence-electron chi connectivity index (χ4n) is 13.8. The number of benzene rings is 3. The van der Waals surface area contributed by atoms with Crippen LogP contribution in [0.4, 0.5) is 34.1 Å². The van der Waals surface area contributed by atoms with E-state index in [4.69, 9.17) is 45.2 Å². The van der Waals surface area contributed by atoms with E-state index in [1.54, 1.807) is 0 Å². The Morgan fingerprint density at radius 1 is 0.356 bits per heavy atom. The summed E-state index contributed by atoms with van der Waals surface area (Å²) in [5, 5.41) is 14.3. The number of aromatic nitrogens is 6. The highest BCUT2D eigenvalue weighted by atomic mass is 16.1. The number of hydrogen-bond acceptors (Lipinski definition) is 15. The molecule has 9 rings (SSSR count). The third kappa shape index (κ3) is 19.2. The molecule has 3 aromatic carbocycles. The lowest BCUT2D eigenvalue weighted by molar-refractivity contribution is 0.618. The van der Waals surface area contributed by atoms with Crippen LogP contribution in [0.2, 0.25) is 0 Å². The summed E-state index contributed by atoms with van der Waals surface area (Å²) < 4.78 is 4.53. The lowest BCUT2D eigenvalue weighted by atomic mass is 9.97. The van der Waals surface area contributed by atoms with Gasteiger partial charge in [0.25, 0.3) is 16.7 Å². The Morgan fingerprint density at radius 2 is 0.635 bits per heavy atom. The Hall–Kier alpha value is -8.28. The zero-order valence-corrected chi connectivity index (χ0v) is 68.2. The molecule has 18 heteroatoms. The summed E-state index contributed by atoms with van der Waals surface area (Å²) in [5.41, 5.74) is 19.2. The summed E-state index contributed by atoms with van der Waals surface area (Å²) in [6, 6.07) is 19.2. The molecule has 3 aliphatic rings. The Bertz CT molecular complexity index is 4310. The fourth-order valence-corrected chi connectivity index (χ4v) is 13.8. The van der Waals surface area contributed by atoms with Gasteiger partial charge in [0.1, 0.15) is 17.1 Å². The van der Waals surface area contributed by atoms with Crippen LogP contribution in [0.25, 0.3) is 0 Å². The smallest absolute Gasteiger partial charge is 0.277 e. The zero-order chi connectivity index (χ0) is 76.4. The molecule has 564 valence electrons. The Balaban J connectivity index is 0.000000218. The van der Waals surface area contributed by atoms with Gasteiger partial charge in [0.2, 0.25) is 0 Å². The van der Waals surface area contributed by atoms with E-state index in [1.165, 1.54) is 50.4 Å². The van der Waals surface area contributed by atoms with Gasteiger partial charge in [0.05, 0.1) is 51.3 Å². The van der Waals surface area contributed by atoms with Crippen molar-refractivity contribution in [3.63, 3.8) is 0 Å². The molecular formula is C86H127N15O3. The van der Waals surface area contributed by atoms with Crippen molar-refractivity contribution in [1.29, 1.82) is 0 Å². The van der Waals surface area contributed by atoms with Gasteiger partial charge < -0.3 is 14.7 Å². The number of nitrogens with zero attached hydrogens (tertiary/aromatic N) is 15. The number of fused-ring (bicyclic) bond motifs is 3. The summed E-state index contributed by atoms with van der Waals surface area (Å²) >= 11 is 0. The quantitative estimate of drug-likeness (QED) is 0.0370. The molecule has 0 saturated carbocycles. The largest absolute Gasteiger partial charge is 0.372 e. The zero-order valence-electron chi connectivity index (χ0n) is 68.2. The minimum atomic E-state index is -0.0400. The van der Waals surface area contributed by atoms with Crippen LogP contribution in [0.1, 0.15) is 302 Å². The van der Waals surface area contributed by atoms with Crippen LogP contribution in [0.15, 0.2) is 99.3 Å². The molecule has 3 aromatic heterocycles. The topological polar surface area (TPSA) is 189 Å². The second-order valence-corrected chi connectivity index (χ2v) is 29.8. The van der Waals surface area contributed by atoms with Gasteiger partial charge in [0.15, 0.2) is 17.5 Å². The maximum atomic E-state index is 13.7. The van der Waals surface area contributed by atoms with Gasteiger partial charge in [0, 0.05) is 78.9 Å². The van der Waals surface area contributed by atoms with E-state index in [1.807, 2.05) is 0 Å². The maximum Gasteiger partial charge on any atom is 0.277 e. The van der Waals surface area contributed by atoms with Crippen LogP contribution in [0, 0.1) is 38.5 Å². The van der Waals surface area contributed by atoms with Crippen molar-refractivity contribution < 1.29 is 0 Å². The minimum Gasteiger partial charge on any atom is -0.372 e. The van der Waals surface area contributed by atoms with Crippen molar-refractivity contribution >= 4 is 68.4 Å². The predicted octanol–water partition coefficient (Wildman–Crippen LogP) is 19.5. The molecule has 0 bridgehead atoms. The van der Waals surface area contributed by atoms with E-state index in [9.17, 15) is 14.4 Å². The molecule has 1 unspecified atom stereocenters. The minimum absolute atomic E-state index is 0.0313. The fraction of sp³-hybridized carbons (Fsp3) is 0.581. The SMILES string of the molecule is CCCCCCCc1c(C(C)C)nc2n(c1=O)N=C(C(C)C)C2=Nc1ccc(N(CC)CC)cc1C.CCCCCc1c(C(C)C)nc2n(c1=O)N=C(C(C)C)C2=Nc1ccc(N(CC)CC)cc1C.CCCCc1c(C(C)C)nc2n(c1=O)N=C(C(C)CC)C2=Nc1ccc(N(CC)CC)cc1C. The summed E-state index contributed by atoms with van der Waals surface area (Å²) in [7, 11) is 0. The number of rotatable bonds is 32. The van der Waals surface area contributed by atoms with Crippen molar-refractivity contribution in [2.45, 2.75) is 274 Å². The van der Waals surface area contributed by atoms with E-state index >= 15 is 0 Å². The summed E-state index contributed by atoms with van der Waals surface area (Å²) in [4.78, 5) is 78.0. The molecule has 18 nitrogen and oxygen atoms in total. The van der Waals surface area contributed by atoms with Gasteiger partial charge in [-0.2, -0.15) is 29.3 Å². The number of aryl methyl sites for hydroxylation is 3. The van der Waals surface area contributed by atoms with Crippen LogP contribution >= 0.6 is 0 Å². The molecule has 0 radical (unpaired) electrons.